The van der Waals surface area contributed by atoms with Gasteiger partial charge in [-0.3, -0.25) is 4.98 Å². The van der Waals surface area contributed by atoms with Crippen molar-refractivity contribution in [1.82, 2.24) is 4.98 Å². The number of pyridine rings is 1. The van der Waals surface area contributed by atoms with Crippen LogP contribution < -0.4 is 4.74 Å². The van der Waals surface area contributed by atoms with E-state index in [2.05, 4.69) is 4.98 Å². The number of ether oxygens (including phenoxy) is 1. The van der Waals surface area contributed by atoms with Gasteiger partial charge in [-0.05, 0) is 18.2 Å². The van der Waals surface area contributed by atoms with Gasteiger partial charge in [0.05, 0.1) is 12.1 Å². The fourth-order valence-corrected chi connectivity index (χ4v) is 1.54. The van der Waals surface area contributed by atoms with Crippen LogP contribution in [0.1, 0.15) is 0 Å². The molecule has 0 unspecified atom stereocenters. The predicted octanol–water partition coefficient (Wildman–Crippen LogP) is 3.04. The minimum atomic E-state index is -0.435. The van der Waals surface area contributed by atoms with Crippen molar-refractivity contribution in [3.63, 3.8) is 0 Å². The number of nitrogens with zero attached hydrogens (tertiary/aromatic N) is 1. The highest BCUT2D eigenvalue weighted by molar-refractivity contribution is 6.35. The normalized spacial score (nSPS) is 10.5. The molecule has 0 bridgehead atoms. The molecular formula is C10H7ClFNO. The summed E-state index contributed by atoms with van der Waals surface area (Å²) in [5, 5.41) is 1.22. The van der Waals surface area contributed by atoms with E-state index < -0.39 is 5.82 Å². The van der Waals surface area contributed by atoms with Crippen LogP contribution in [0.3, 0.4) is 0 Å². The molecule has 2 aromatic rings. The molecule has 0 atom stereocenters. The molecule has 0 aliphatic carbocycles. The van der Waals surface area contributed by atoms with Crippen LogP contribution in [0.15, 0.2) is 24.4 Å². The van der Waals surface area contributed by atoms with Crippen molar-refractivity contribution < 1.29 is 9.13 Å². The summed E-state index contributed by atoms with van der Waals surface area (Å²) >= 11 is 5.92. The van der Waals surface area contributed by atoms with E-state index in [1.165, 1.54) is 19.4 Å². The third-order valence-electron chi connectivity index (χ3n) is 1.97. The number of rotatable bonds is 1. The van der Waals surface area contributed by atoms with E-state index in [-0.39, 0.29) is 5.75 Å². The summed E-state index contributed by atoms with van der Waals surface area (Å²) in [5.74, 6) is -0.306. The molecule has 1 aromatic heterocycles. The van der Waals surface area contributed by atoms with Crippen LogP contribution in [-0.2, 0) is 0 Å². The fraction of sp³-hybridized carbons (Fsp3) is 0.100. The van der Waals surface area contributed by atoms with Crippen molar-refractivity contribution in [2.24, 2.45) is 0 Å². The highest BCUT2D eigenvalue weighted by atomic mass is 35.5. The molecule has 1 heterocycles. The molecule has 4 heteroatoms. The first kappa shape index (κ1) is 9.21. The summed E-state index contributed by atoms with van der Waals surface area (Å²) in [7, 11) is 1.40. The van der Waals surface area contributed by atoms with E-state index in [1.54, 1.807) is 12.1 Å². The topological polar surface area (TPSA) is 22.1 Å². The van der Waals surface area contributed by atoms with Crippen molar-refractivity contribution in [3.8, 4) is 5.75 Å². The summed E-state index contributed by atoms with van der Waals surface area (Å²) in [4.78, 5) is 4.02. The van der Waals surface area contributed by atoms with Gasteiger partial charge in [0.25, 0.3) is 0 Å². The first-order chi connectivity index (χ1) is 6.74. The lowest BCUT2D eigenvalue weighted by molar-refractivity contribution is 0.391. The van der Waals surface area contributed by atoms with Crippen LogP contribution >= 0.6 is 11.6 Å². The van der Waals surface area contributed by atoms with Crippen molar-refractivity contribution >= 4 is 22.5 Å². The van der Waals surface area contributed by atoms with Gasteiger partial charge in [0, 0.05) is 11.6 Å². The lowest BCUT2D eigenvalue weighted by Crippen LogP contribution is -1.91. The van der Waals surface area contributed by atoms with Gasteiger partial charge in [0.2, 0.25) is 0 Å². The zero-order valence-corrected chi connectivity index (χ0v) is 8.18. The first-order valence-corrected chi connectivity index (χ1v) is 4.38. The van der Waals surface area contributed by atoms with E-state index in [1.807, 2.05) is 0 Å². The van der Waals surface area contributed by atoms with Crippen molar-refractivity contribution in [2.45, 2.75) is 0 Å². The number of aromatic nitrogens is 1. The Morgan fingerprint density at radius 3 is 2.86 bits per heavy atom. The predicted molar refractivity (Wildman–Crippen MR) is 53.3 cm³/mol. The van der Waals surface area contributed by atoms with Crippen LogP contribution in [0.4, 0.5) is 4.39 Å². The molecule has 0 saturated heterocycles. The molecule has 72 valence electrons. The minimum Gasteiger partial charge on any atom is -0.491 e. The molecule has 2 nitrogen and oxygen atoms in total. The molecule has 0 aliphatic rings. The molecule has 0 N–H and O–H groups in total. The summed E-state index contributed by atoms with van der Waals surface area (Å²) in [6.45, 7) is 0. The largest absolute Gasteiger partial charge is 0.491 e. The van der Waals surface area contributed by atoms with Gasteiger partial charge in [-0.25, -0.2) is 4.39 Å². The third kappa shape index (κ3) is 1.30. The number of benzene rings is 1. The molecule has 0 saturated carbocycles. The molecule has 2 rings (SSSR count). The Bertz CT molecular complexity index is 487. The Morgan fingerprint density at radius 1 is 1.36 bits per heavy atom. The van der Waals surface area contributed by atoms with E-state index >= 15 is 0 Å². The number of fused-ring (bicyclic) bond motifs is 1. The Balaban J connectivity index is 2.88. The number of halogens is 2. The average molecular weight is 212 g/mol. The average Bonchev–Trinajstić information content (AvgIpc) is 2.18. The molecule has 1 aromatic carbocycles. The summed E-state index contributed by atoms with van der Waals surface area (Å²) in [6.07, 6.45) is 1.52. The maximum atomic E-state index is 13.2. The lowest BCUT2D eigenvalue weighted by Gasteiger charge is -2.06. The van der Waals surface area contributed by atoms with Crippen molar-refractivity contribution in [3.05, 3.63) is 35.2 Å². The zero-order valence-electron chi connectivity index (χ0n) is 7.42. The van der Waals surface area contributed by atoms with Gasteiger partial charge >= 0.3 is 0 Å². The second-order valence-electron chi connectivity index (χ2n) is 2.77. The maximum Gasteiger partial charge on any atom is 0.180 e. The summed E-state index contributed by atoms with van der Waals surface area (Å²) in [6, 6.07) is 4.55. The van der Waals surface area contributed by atoms with Crippen LogP contribution in [0.2, 0.25) is 5.02 Å². The molecule has 0 amide bonds. The second kappa shape index (κ2) is 3.42. The minimum absolute atomic E-state index is 0.130. The molecule has 14 heavy (non-hydrogen) atoms. The SMILES string of the molecule is COc1c(F)ccc2c(Cl)ccnc12. The molecule has 0 fully saturated rings. The summed E-state index contributed by atoms with van der Waals surface area (Å²) < 4.78 is 18.2. The standard InChI is InChI=1S/C10H7ClFNO/c1-14-10-8(12)3-2-6-7(11)4-5-13-9(6)10/h2-5H,1H3. The van der Waals surface area contributed by atoms with Crippen molar-refractivity contribution in [1.29, 1.82) is 0 Å². The Hall–Kier alpha value is -1.35. The van der Waals surface area contributed by atoms with Gasteiger partial charge in [-0.15, -0.1) is 0 Å². The van der Waals surface area contributed by atoms with Gasteiger partial charge < -0.3 is 4.74 Å². The van der Waals surface area contributed by atoms with E-state index in [0.717, 1.165) is 0 Å². The molecule has 0 radical (unpaired) electrons. The quantitative estimate of drug-likeness (QED) is 0.723. The number of hydrogen-bond donors (Lipinski definition) is 0. The first-order valence-electron chi connectivity index (χ1n) is 4.00. The van der Waals surface area contributed by atoms with E-state index in [4.69, 9.17) is 16.3 Å². The molecule has 0 aliphatic heterocycles. The maximum absolute atomic E-state index is 13.2. The molecule has 0 spiro atoms. The number of hydrogen-bond acceptors (Lipinski definition) is 2. The lowest BCUT2D eigenvalue weighted by atomic mass is 10.2. The second-order valence-corrected chi connectivity index (χ2v) is 3.18. The zero-order chi connectivity index (χ0) is 10.1. The van der Waals surface area contributed by atoms with Crippen LogP contribution in [-0.4, -0.2) is 12.1 Å². The highest BCUT2D eigenvalue weighted by Gasteiger charge is 2.10. The third-order valence-corrected chi connectivity index (χ3v) is 2.30. The Morgan fingerprint density at radius 2 is 2.14 bits per heavy atom. The van der Waals surface area contributed by atoms with Gasteiger partial charge in [0.1, 0.15) is 5.52 Å². The molecular weight excluding hydrogens is 205 g/mol. The van der Waals surface area contributed by atoms with Gasteiger partial charge in [0.15, 0.2) is 11.6 Å². The van der Waals surface area contributed by atoms with E-state index in [0.29, 0.717) is 15.9 Å². The number of methoxy groups -OCH3 is 1. The van der Waals surface area contributed by atoms with Gasteiger partial charge in [-0.2, -0.15) is 0 Å². The van der Waals surface area contributed by atoms with Crippen molar-refractivity contribution in [2.75, 3.05) is 7.11 Å². The van der Waals surface area contributed by atoms with E-state index in [9.17, 15) is 4.39 Å². The fourth-order valence-electron chi connectivity index (χ4n) is 1.33. The highest BCUT2D eigenvalue weighted by Crippen LogP contribution is 2.30. The van der Waals surface area contributed by atoms with Crippen LogP contribution in [0.5, 0.6) is 5.75 Å². The Kier molecular flexibility index (Phi) is 2.25. The smallest absolute Gasteiger partial charge is 0.180 e. The van der Waals surface area contributed by atoms with Crippen LogP contribution in [0, 0.1) is 5.82 Å². The summed E-state index contributed by atoms with van der Waals surface area (Å²) in [5.41, 5.74) is 0.444. The monoisotopic (exact) mass is 211 g/mol. The van der Waals surface area contributed by atoms with Gasteiger partial charge in [-0.1, -0.05) is 11.6 Å². The Labute approximate surface area is 85.3 Å². The van der Waals surface area contributed by atoms with Crippen LogP contribution in [0.25, 0.3) is 10.9 Å².